The highest BCUT2D eigenvalue weighted by atomic mass is 32.1. The van der Waals surface area contributed by atoms with Crippen LogP contribution in [0.25, 0.3) is 0 Å². The van der Waals surface area contributed by atoms with Gasteiger partial charge in [-0.1, -0.05) is 49.6 Å². The number of nitrogens with zero attached hydrogens (tertiary/aromatic N) is 3. The lowest BCUT2D eigenvalue weighted by atomic mass is 9.83. The molecular weight excluding hydrogens is 432 g/mol. The smallest absolute Gasteiger partial charge is 0.169 e. The summed E-state index contributed by atoms with van der Waals surface area (Å²) in [7, 11) is 0. The van der Waals surface area contributed by atoms with Crippen molar-refractivity contribution in [1.29, 1.82) is 0 Å². The second-order valence-electron chi connectivity index (χ2n) is 9.45. The number of allylic oxidation sites excluding steroid dienone is 2. The molecule has 7 heteroatoms. The van der Waals surface area contributed by atoms with Crippen LogP contribution in [0.15, 0.2) is 46.7 Å². The Morgan fingerprint density at radius 3 is 2.52 bits per heavy atom. The summed E-state index contributed by atoms with van der Waals surface area (Å²) in [6.07, 6.45) is 8.94. The number of carbonyl (C=O) groups excluding carboxylic acids is 1. The molecule has 1 saturated heterocycles. The summed E-state index contributed by atoms with van der Waals surface area (Å²) in [5, 5.41) is 14.9. The molecule has 0 radical (unpaired) electrons. The molecule has 0 aromatic heterocycles. The minimum absolute atomic E-state index is 0.0241. The second kappa shape index (κ2) is 11.7. The number of hydrogen-bond acceptors (Lipinski definition) is 5. The van der Waals surface area contributed by atoms with E-state index >= 15 is 0 Å². The topological polar surface area (TPSA) is 68.2 Å². The predicted octanol–water partition coefficient (Wildman–Crippen LogP) is 3.84. The molecule has 1 aromatic carbocycles. The lowest BCUT2D eigenvalue weighted by Gasteiger charge is -2.37. The van der Waals surface area contributed by atoms with Gasteiger partial charge in [0.25, 0.3) is 0 Å². The zero-order valence-electron chi connectivity index (χ0n) is 19.4. The van der Waals surface area contributed by atoms with Crippen LogP contribution in [0, 0.1) is 0 Å². The van der Waals surface area contributed by atoms with E-state index in [0.717, 1.165) is 43.4 Å². The van der Waals surface area contributed by atoms with Crippen molar-refractivity contribution < 1.29 is 9.90 Å². The van der Waals surface area contributed by atoms with Crippen LogP contribution in [0.2, 0.25) is 0 Å². The molecular formula is C26H36N4O2S. The van der Waals surface area contributed by atoms with Crippen LogP contribution in [0.1, 0.15) is 56.4 Å². The van der Waals surface area contributed by atoms with Gasteiger partial charge in [-0.3, -0.25) is 14.7 Å². The molecule has 1 unspecified atom stereocenters. The highest BCUT2D eigenvalue weighted by molar-refractivity contribution is 7.80. The Morgan fingerprint density at radius 2 is 1.82 bits per heavy atom. The summed E-state index contributed by atoms with van der Waals surface area (Å²) in [5.41, 5.74) is 1.48. The van der Waals surface area contributed by atoms with Crippen molar-refractivity contribution in [1.82, 2.24) is 15.1 Å². The van der Waals surface area contributed by atoms with Gasteiger partial charge in [0.2, 0.25) is 0 Å². The third kappa shape index (κ3) is 6.64. The fourth-order valence-electron chi connectivity index (χ4n) is 5.06. The zero-order chi connectivity index (χ0) is 23.0. The lowest BCUT2D eigenvalue weighted by Crippen LogP contribution is -2.53. The fraction of sp³-hybridized carbons (Fsp3) is 0.577. The van der Waals surface area contributed by atoms with E-state index in [-0.39, 0.29) is 17.5 Å². The van der Waals surface area contributed by atoms with Crippen LogP contribution in [0.3, 0.4) is 0 Å². The predicted molar refractivity (Wildman–Crippen MR) is 137 cm³/mol. The number of aliphatic hydroxyl groups is 1. The van der Waals surface area contributed by atoms with Gasteiger partial charge in [-0.15, -0.1) is 0 Å². The van der Waals surface area contributed by atoms with E-state index in [4.69, 9.17) is 12.2 Å². The molecule has 1 atom stereocenters. The van der Waals surface area contributed by atoms with Gasteiger partial charge in [-0.05, 0) is 36.5 Å². The number of benzene rings is 1. The zero-order valence-corrected chi connectivity index (χ0v) is 20.2. The molecule has 178 valence electrons. The van der Waals surface area contributed by atoms with Gasteiger partial charge < -0.3 is 15.3 Å². The second-order valence-corrected chi connectivity index (χ2v) is 9.83. The number of rotatable bonds is 6. The monoisotopic (exact) mass is 468 g/mol. The SMILES string of the molecule is O=C1CC(c2ccccc2)CC(O)=C1C=NCCN1CCN(C(=S)NC2CCCCC2)CC1. The maximum absolute atomic E-state index is 12.6. The van der Waals surface area contributed by atoms with Gasteiger partial charge in [0.15, 0.2) is 10.9 Å². The molecule has 2 fully saturated rings. The highest BCUT2D eigenvalue weighted by Gasteiger charge is 2.27. The van der Waals surface area contributed by atoms with E-state index in [1.807, 2.05) is 30.3 Å². The summed E-state index contributed by atoms with van der Waals surface area (Å²) in [6.45, 7) is 5.28. The normalized spacial score (nSPS) is 23.3. The van der Waals surface area contributed by atoms with Crippen molar-refractivity contribution in [2.24, 2.45) is 4.99 Å². The van der Waals surface area contributed by atoms with Crippen LogP contribution in [0.4, 0.5) is 0 Å². The van der Waals surface area contributed by atoms with Gasteiger partial charge in [0, 0.05) is 57.8 Å². The average molecular weight is 469 g/mol. The van der Waals surface area contributed by atoms with Gasteiger partial charge >= 0.3 is 0 Å². The first-order valence-electron chi connectivity index (χ1n) is 12.4. The number of carbonyl (C=O) groups is 1. The third-order valence-electron chi connectivity index (χ3n) is 7.11. The van der Waals surface area contributed by atoms with E-state index in [9.17, 15) is 9.90 Å². The van der Waals surface area contributed by atoms with Crippen LogP contribution < -0.4 is 5.32 Å². The van der Waals surface area contributed by atoms with Crippen LogP contribution >= 0.6 is 12.2 Å². The van der Waals surface area contributed by atoms with Crippen molar-refractivity contribution in [3.8, 4) is 0 Å². The molecule has 0 bridgehead atoms. The van der Waals surface area contributed by atoms with Gasteiger partial charge in [-0.2, -0.15) is 0 Å². The Hall–Kier alpha value is -2.25. The minimum atomic E-state index is -0.0241. The van der Waals surface area contributed by atoms with Crippen LogP contribution in [-0.4, -0.2) is 77.3 Å². The first-order valence-corrected chi connectivity index (χ1v) is 12.8. The van der Waals surface area contributed by atoms with Crippen molar-refractivity contribution in [3.05, 3.63) is 47.2 Å². The quantitative estimate of drug-likeness (QED) is 0.488. The average Bonchev–Trinajstić information content (AvgIpc) is 2.84. The third-order valence-corrected chi connectivity index (χ3v) is 7.49. The number of nitrogens with one attached hydrogen (secondary N) is 1. The van der Waals surface area contributed by atoms with E-state index < -0.39 is 0 Å². The van der Waals surface area contributed by atoms with Crippen molar-refractivity contribution in [2.75, 3.05) is 39.3 Å². The molecule has 1 aliphatic heterocycles. The number of aliphatic imine (C=N–C) groups is 1. The number of hydrogen-bond donors (Lipinski definition) is 2. The molecule has 1 aromatic rings. The molecule has 0 amide bonds. The molecule has 2 N–H and O–H groups in total. The van der Waals surface area contributed by atoms with E-state index in [0.29, 0.717) is 31.0 Å². The Kier molecular flexibility index (Phi) is 8.51. The van der Waals surface area contributed by atoms with E-state index in [1.54, 1.807) is 6.21 Å². The van der Waals surface area contributed by atoms with Crippen molar-refractivity contribution in [2.45, 2.75) is 56.9 Å². The number of piperazine rings is 1. The summed E-state index contributed by atoms with van der Waals surface area (Å²) in [6, 6.07) is 10.5. The lowest BCUT2D eigenvalue weighted by molar-refractivity contribution is -0.116. The summed E-state index contributed by atoms with van der Waals surface area (Å²) in [4.78, 5) is 21.7. The number of aliphatic hydroxyl groups excluding tert-OH is 1. The number of ketones is 1. The Morgan fingerprint density at radius 1 is 1.09 bits per heavy atom. The van der Waals surface area contributed by atoms with E-state index in [2.05, 4.69) is 20.1 Å². The van der Waals surface area contributed by atoms with Crippen molar-refractivity contribution >= 4 is 29.3 Å². The van der Waals surface area contributed by atoms with E-state index in [1.165, 1.54) is 32.1 Å². The van der Waals surface area contributed by atoms with Gasteiger partial charge in [0.05, 0.1) is 12.1 Å². The Labute approximate surface area is 202 Å². The van der Waals surface area contributed by atoms with Crippen LogP contribution in [-0.2, 0) is 4.79 Å². The first-order chi connectivity index (χ1) is 16.1. The highest BCUT2D eigenvalue weighted by Crippen LogP contribution is 2.32. The van der Waals surface area contributed by atoms with Crippen molar-refractivity contribution in [3.63, 3.8) is 0 Å². The first kappa shape index (κ1) is 23.9. The molecule has 1 heterocycles. The number of Topliss-reactive ketones (excluding diaryl/α,β-unsaturated/α-hetero) is 1. The van der Waals surface area contributed by atoms with Crippen LogP contribution in [0.5, 0.6) is 0 Å². The standard InChI is InChI=1S/C26H36N4O2S/c31-24-17-21(20-7-3-1-4-8-20)18-25(32)23(24)19-27-11-12-29-13-15-30(16-14-29)26(33)28-22-9-5-2-6-10-22/h1,3-4,7-8,19,21-22,31H,2,5-6,9-18H2,(H,28,33). The molecule has 4 rings (SSSR count). The molecule has 6 nitrogen and oxygen atoms in total. The fourth-order valence-corrected chi connectivity index (χ4v) is 5.41. The molecule has 3 aliphatic rings. The minimum Gasteiger partial charge on any atom is -0.511 e. The Balaban J connectivity index is 1.19. The number of thiocarbonyl (C=S) groups is 1. The largest absolute Gasteiger partial charge is 0.511 e. The molecule has 33 heavy (non-hydrogen) atoms. The maximum Gasteiger partial charge on any atom is 0.169 e. The molecule has 1 saturated carbocycles. The van der Waals surface area contributed by atoms with Gasteiger partial charge in [-0.25, -0.2) is 0 Å². The summed E-state index contributed by atoms with van der Waals surface area (Å²) in [5.74, 6) is 0.186. The molecule has 2 aliphatic carbocycles. The summed E-state index contributed by atoms with van der Waals surface area (Å²) < 4.78 is 0. The summed E-state index contributed by atoms with van der Waals surface area (Å²) >= 11 is 5.65. The Bertz CT molecular complexity index is 872. The molecule has 0 spiro atoms. The van der Waals surface area contributed by atoms with Gasteiger partial charge in [0.1, 0.15) is 5.76 Å². The maximum atomic E-state index is 12.6.